The molecule has 3 aromatic rings. The monoisotopic (exact) mass is 412 g/mol. The van der Waals surface area contributed by atoms with Crippen LogP contribution < -0.4 is 10.6 Å². The molecule has 0 saturated heterocycles. The average molecular weight is 412 g/mol. The number of anilines is 2. The van der Waals surface area contributed by atoms with Crippen LogP contribution in [-0.4, -0.2) is 21.8 Å². The van der Waals surface area contributed by atoms with Crippen LogP contribution in [0.25, 0.3) is 11.3 Å². The number of hydrogen-bond acceptors (Lipinski definition) is 5. The second-order valence-electron chi connectivity index (χ2n) is 6.99. The first-order valence-corrected chi connectivity index (χ1v) is 9.45. The van der Waals surface area contributed by atoms with E-state index in [1.807, 2.05) is 0 Å². The quantitative estimate of drug-likeness (QED) is 0.613. The number of benzene rings is 1. The zero-order chi connectivity index (χ0) is 21.1. The Labute approximate surface area is 170 Å². The van der Waals surface area contributed by atoms with Gasteiger partial charge in [0.05, 0.1) is 23.6 Å². The number of aryl methyl sites for hydroxylation is 1. The van der Waals surface area contributed by atoms with Crippen LogP contribution in [0.1, 0.15) is 25.2 Å². The summed E-state index contributed by atoms with van der Waals surface area (Å²) >= 11 is 0. The summed E-state index contributed by atoms with van der Waals surface area (Å²) in [7, 11) is 0. The molecule has 1 aromatic carbocycles. The largest absolute Gasteiger partial charge is 0.441 e. The molecule has 0 atom stereocenters. The first-order valence-electron chi connectivity index (χ1n) is 9.45. The lowest BCUT2D eigenvalue weighted by molar-refractivity contribution is -0.117. The number of aromatic nitrogens is 2. The molecule has 0 radical (unpaired) electrons. The van der Waals surface area contributed by atoms with Crippen molar-refractivity contribution in [2.75, 3.05) is 10.6 Å². The van der Waals surface area contributed by atoms with Crippen LogP contribution >= 0.6 is 0 Å². The van der Waals surface area contributed by atoms with Gasteiger partial charge in [0.2, 0.25) is 11.8 Å². The Kier molecular flexibility index (Phi) is 5.51. The molecule has 2 aromatic heterocycles. The second kappa shape index (κ2) is 8.40. The van der Waals surface area contributed by atoms with Crippen molar-refractivity contribution in [1.82, 2.24) is 9.97 Å². The number of pyridine rings is 1. The number of nitrogens with zero attached hydrogens (tertiary/aromatic N) is 2. The molecule has 1 aliphatic rings. The van der Waals surface area contributed by atoms with E-state index in [1.165, 1.54) is 18.5 Å². The number of nitrogens with one attached hydrogen (secondary N) is 2. The van der Waals surface area contributed by atoms with Gasteiger partial charge in [-0.25, -0.2) is 18.7 Å². The summed E-state index contributed by atoms with van der Waals surface area (Å²) in [4.78, 5) is 32.0. The Morgan fingerprint density at radius 3 is 2.60 bits per heavy atom. The molecule has 30 heavy (non-hydrogen) atoms. The minimum Gasteiger partial charge on any atom is -0.441 e. The van der Waals surface area contributed by atoms with Crippen LogP contribution in [0.15, 0.2) is 47.1 Å². The zero-order valence-corrected chi connectivity index (χ0v) is 15.8. The van der Waals surface area contributed by atoms with Crippen LogP contribution in [0.5, 0.6) is 0 Å². The summed E-state index contributed by atoms with van der Waals surface area (Å²) < 4.78 is 32.3. The third-order valence-electron chi connectivity index (χ3n) is 4.56. The fourth-order valence-electron chi connectivity index (χ4n) is 2.80. The normalized spacial score (nSPS) is 13.1. The molecule has 2 heterocycles. The molecule has 0 bridgehead atoms. The van der Waals surface area contributed by atoms with Gasteiger partial charge in [0.1, 0.15) is 17.5 Å². The summed E-state index contributed by atoms with van der Waals surface area (Å²) in [5.74, 6) is -0.799. The van der Waals surface area contributed by atoms with Gasteiger partial charge in [-0.05, 0) is 37.1 Å². The van der Waals surface area contributed by atoms with E-state index in [2.05, 4.69) is 20.6 Å². The molecule has 4 rings (SSSR count). The third-order valence-corrected chi connectivity index (χ3v) is 4.56. The lowest BCUT2D eigenvalue weighted by Gasteiger charge is -2.06. The van der Waals surface area contributed by atoms with E-state index in [-0.39, 0.29) is 47.8 Å². The zero-order valence-electron chi connectivity index (χ0n) is 15.8. The Hall–Kier alpha value is -3.62. The van der Waals surface area contributed by atoms with Crippen LogP contribution in [0, 0.1) is 17.6 Å². The standard InChI is InChI=1S/C21H18F2N4O3/c22-13-3-5-15(16(23)9-13)17-11-25-20(30-17)8-7-19(28)26-14-4-6-18(24-10-14)27-21(29)12-1-2-12/h3-6,9-12H,1-2,7-8H2,(H,26,28)(H,24,27,29). The molecule has 9 heteroatoms. The highest BCUT2D eigenvalue weighted by molar-refractivity contribution is 5.94. The number of rotatable bonds is 7. The SMILES string of the molecule is O=C(CCc1ncc(-c2ccc(F)cc2F)o1)Nc1ccc(NC(=O)C2CC2)nc1. The van der Waals surface area contributed by atoms with Crippen LogP contribution in [-0.2, 0) is 16.0 Å². The van der Waals surface area contributed by atoms with Crippen molar-refractivity contribution >= 4 is 23.3 Å². The number of amides is 2. The van der Waals surface area contributed by atoms with Gasteiger partial charge in [0.15, 0.2) is 11.7 Å². The molecule has 7 nitrogen and oxygen atoms in total. The topological polar surface area (TPSA) is 97.1 Å². The lowest BCUT2D eigenvalue weighted by Crippen LogP contribution is -2.15. The van der Waals surface area contributed by atoms with Gasteiger partial charge in [-0.1, -0.05) is 0 Å². The molecule has 1 saturated carbocycles. The molecule has 154 valence electrons. The molecule has 1 aliphatic carbocycles. The van der Waals surface area contributed by atoms with Gasteiger partial charge in [0, 0.05) is 24.8 Å². The molecule has 0 aliphatic heterocycles. The van der Waals surface area contributed by atoms with E-state index in [9.17, 15) is 18.4 Å². The number of hydrogen-bond donors (Lipinski definition) is 2. The fourth-order valence-corrected chi connectivity index (χ4v) is 2.80. The summed E-state index contributed by atoms with van der Waals surface area (Å²) in [5, 5.41) is 5.42. The van der Waals surface area contributed by atoms with E-state index < -0.39 is 11.6 Å². The number of carbonyl (C=O) groups is 2. The van der Waals surface area contributed by atoms with E-state index >= 15 is 0 Å². The highest BCUT2D eigenvalue weighted by atomic mass is 19.1. The Morgan fingerprint density at radius 2 is 1.90 bits per heavy atom. The summed E-state index contributed by atoms with van der Waals surface area (Å²) in [5.41, 5.74) is 0.588. The van der Waals surface area contributed by atoms with Crippen LogP contribution in [0.4, 0.5) is 20.3 Å². The fraction of sp³-hybridized carbons (Fsp3) is 0.238. The maximum absolute atomic E-state index is 13.8. The summed E-state index contributed by atoms with van der Waals surface area (Å²) in [6.45, 7) is 0. The molecule has 0 unspecified atom stereocenters. The van der Waals surface area contributed by atoms with Crippen molar-refractivity contribution in [1.29, 1.82) is 0 Å². The first-order chi connectivity index (χ1) is 14.5. The lowest BCUT2D eigenvalue weighted by atomic mass is 10.2. The van der Waals surface area contributed by atoms with E-state index in [0.29, 0.717) is 11.5 Å². The van der Waals surface area contributed by atoms with E-state index in [0.717, 1.165) is 25.0 Å². The second-order valence-corrected chi connectivity index (χ2v) is 6.99. The van der Waals surface area contributed by atoms with Gasteiger partial charge < -0.3 is 15.1 Å². The van der Waals surface area contributed by atoms with Gasteiger partial charge >= 0.3 is 0 Å². The maximum atomic E-state index is 13.8. The highest BCUT2D eigenvalue weighted by Crippen LogP contribution is 2.30. The van der Waals surface area contributed by atoms with Crippen molar-refractivity contribution in [2.45, 2.75) is 25.7 Å². The highest BCUT2D eigenvalue weighted by Gasteiger charge is 2.29. The van der Waals surface area contributed by atoms with Gasteiger partial charge in [0.25, 0.3) is 0 Å². The smallest absolute Gasteiger partial charge is 0.228 e. The van der Waals surface area contributed by atoms with Crippen LogP contribution in [0.3, 0.4) is 0 Å². The first kappa shape index (κ1) is 19.7. The third kappa shape index (κ3) is 4.86. The van der Waals surface area contributed by atoms with Crippen molar-refractivity contribution in [3.63, 3.8) is 0 Å². The molecular formula is C21H18F2N4O3. The Bertz CT molecular complexity index is 1080. The predicted octanol–water partition coefficient (Wildman–Crippen LogP) is 3.93. The van der Waals surface area contributed by atoms with E-state index in [4.69, 9.17) is 4.42 Å². The number of carbonyl (C=O) groups excluding carboxylic acids is 2. The van der Waals surface area contributed by atoms with Crippen LogP contribution in [0.2, 0.25) is 0 Å². The minimum absolute atomic E-state index is 0.0369. The van der Waals surface area contributed by atoms with Crippen molar-refractivity contribution in [2.24, 2.45) is 5.92 Å². The van der Waals surface area contributed by atoms with Crippen molar-refractivity contribution < 1.29 is 22.8 Å². The maximum Gasteiger partial charge on any atom is 0.228 e. The number of oxazole rings is 1. The van der Waals surface area contributed by atoms with Crippen molar-refractivity contribution in [3.05, 3.63) is 60.3 Å². The van der Waals surface area contributed by atoms with Crippen molar-refractivity contribution in [3.8, 4) is 11.3 Å². The molecular weight excluding hydrogens is 394 g/mol. The van der Waals surface area contributed by atoms with Gasteiger partial charge in [-0.15, -0.1) is 0 Å². The minimum atomic E-state index is -0.750. The Morgan fingerprint density at radius 1 is 1.07 bits per heavy atom. The molecule has 0 spiro atoms. The summed E-state index contributed by atoms with van der Waals surface area (Å²) in [6.07, 6.45) is 4.91. The predicted molar refractivity (Wildman–Crippen MR) is 104 cm³/mol. The molecule has 2 N–H and O–H groups in total. The molecule has 2 amide bonds. The average Bonchev–Trinajstić information content (AvgIpc) is 3.47. The van der Waals surface area contributed by atoms with Gasteiger partial charge in [-0.2, -0.15) is 0 Å². The molecule has 1 fully saturated rings. The summed E-state index contributed by atoms with van der Waals surface area (Å²) in [6, 6.07) is 6.43. The van der Waals surface area contributed by atoms with E-state index in [1.54, 1.807) is 12.1 Å². The Balaban J connectivity index is 1.28. The number of halogens is 2. The van der Waals surface area contributed by atoms with Gasteiger partial charge in [-0.3, -0.25) is 9.59 Å².